The molecule has 412 valence electrons. The van der Waals surface area contributed by atoms with Crippen molar-refractivity contribution in [1.82, 2.24) is 0 Å². The molecule has 0 saturated heterocycles. The number of halogens is 2. The molecule has 0 unspecified atom stereocenters. The maximum Gasteiger partial charge on any atom is -0.0259 e. The Morgan fingerprint density at radius 3 is 0.690 bits per heavy atom. The summed E-state index contributed by atoms with van der Waals surface area (Å²) < 4.78 is 0. The van der Waals surface area contributed by atoms with Crippen LogP contribution in [0.15, 0.2) is 303 Å². The zero-order chi connectivity index (χ0) is 57.2. The number of hydrogen-bond donors (Lipinski definition) is 0. The first-order valence-electron chi connectivity index (χ1n) is 28.1. The minimum Gasteiger partial charge on any atom is -1.00 e. The van der Waals surface area contributed by atoms with Gasteiger partial charge in [0.2, 0.25) is 0 Å². The molecule has 0 fully saturated rings. The van der Waals surface area contributed by atoms with Crippen LogP contribution in [0, 0.1) is 13.8 Å². The van der Waals surface area contributed by atoms with Crippen LogP contribution in [0.4, 0.5) is 0 Å². The van der Waals surface area contributed by atoms with E-state index in [1.807, 2.05) is 0 Å². The molecule has 0 aromatic heterocycles. The summed E-state index contributed by atoms with van der Waals surface area (Å²) >= 11 is 4.54. The van der Waals surface area contributed by atoms with Gasteiger partial charge in [0.25, 0.3) is 0 Å². The minimum absolute atomic E-state index is 0. The van der Waals surface area contributed by atoms with Crippen molar-refractivity contribution in [2.75, 3.05) is 0 Å². The number of benzene rings is 10. The van der Waals surface area contributed by atoms with E-state index in [-0.39, 0.29) is 37.2 Å². The van der Waals surface area contributed by atoms with E-state index in [4.69, 9.17) is 0 Å². The Morgan fingerprint density at radius 1 is 0.250 bits per heavy atom. The molecule has 0 bridgehead atoms. The van der Waals surface area contributed by atoms with Gasteiger partial charge in [-0.1, -0.05) is 266 Å². The van der Waals surface area contributed by atoms with Gasteiger partial charge in [0.15, 0.2) is 0 Å². The molecule has 0 amide bonds. The first kappa shape index (κ1) is 64.6. The van der Waals surface area contributed by atoms with Crippen LogP contribution in [0.25, 0.3) is 110 Å². The Morgan fingerprint density at radius 2 is 0.452 bits per heavy atom. The van der Waals surface area contributed by atoms with E-state index < -0.39 is 0 Å². The molecule has 0 N–H and O–H groups in total. The third-order valence-corrected chi connectivity index (χ3v) is 13.8. The molecule has 0 aliphatic heterocycles. The molecule has 0 nitrogen and oxygen atoms in total. The van der Waals surface area contributed by atoms with Gasteiger partial charge < -0.3 is 24.8 Å². The summed E-state index contributed by atoms with van der Waals surface area (Å²) in [5.41, 5.74) is 18.2. The standard InChI is InChI=1S/2C21H15.2C16H13.2C2H6Si.2ClH.2Ti/c2*1-3-8-16(9-4-1)19-14-18-12-7-13-20(21(18)15-19)17-10-5-2-6-11-17;2*1-12-10-14-8-5-9-15(16(14)11-12)13-6-3-2-4-7-13;2*1-3-2;;;;/h2*1-15H;2*2-11H,1H3;2*1-2H3;2*1H;;/q4*-1;;;;;2*+2/p-2. The molecule has 0 spiro atoms. The summed E-state index contributed by atoms with van der Waals surface area (Å²) in [4.78, 5) is 0. The average molecular weight is 1230 g/mol. The quantitative estimate of drug-likeness (QED) is 0.115. The summed E-state index contributed by atoms with van der Waals surface area (Å²) in [6.07, 6.45) is 0.241. The Balaban J connectivity index is 0.000000154. The molecule has 14 aromatic rings. The molecule has 0 heterocycles. The SMILES string of the molecule is C[Si](C)=[Ti+2].C[Si](C)=[Ti+2].Cc1cc2c(-c3ccccc3)cccc2[cH-]1.Cc1cc2c(-c3ccccc3)cccc2[cH-]1.[Cl-].[Cl-].c1ccc(-c2cc3c(-c4ccccc4)cccc3[cH-]2)cc1.c1ccc(-c2cc3c(-c4ccccc4)cccc3[cH-]2)cc1. The van der Waals surface area contributed by atoms with Crippen LogP contribution < -0.4 is 24.8 Å². The Bertz CT molecular complexity index is 4000. The zero-order valence-corrected chi connectivity index (χ0v) is 55.3. The van der Waals surface area contributed by atoms with E-state index in [0.29, 0.717) is 0 Å². The van der Waals surface area contributed by atoms with Gasteiger partial charge in [0.05, 0.1) is 0 Å². The fourth-order valence-electron chi connectivity index (χ4n) is 10.3. The van der Waals surface area contributed by atoms with Gasteiger partial charge in [-0.25, -0.2) is 0 Å². The number of fused-ring (bicyclic) bond motifs is 4. The van der Waals surface area contributed by atoms with Crippen molar-refractivity contribution in [2.24, 2.45) is 0 Å². The smallest absolute Gasteiger partial charge is 0.0259 e. The minimum atomic E-state index is 0. The van der Waals surface area contributed by atoms with Crippen LogP contribution in [-0.2, 0) is 38.3 Å². The molecule has 84 heavy (non-hydrogen) atoms. The van der Waals surface area contributed by atoms with Crippen molar-refractivity contribution < 1.29 is 63.2 Å². The molecule has 0 aliphatic carbocycles. The normalized spacial score (nSPS) is 10.2. The summed E-state index contributed by atoms with van der Waals surface area (Å²) in [5, 5.41) is 10.6. The molecule has 0 saturated carbocycles. The van der Waals surface area contributed by atoms with E-state index in [1.54, 1.807) is 0 Å². The zero-order valence-electron chi connectivity index (χ0n) is 48.6. The van der Waals surface area contributed by atoms with Crippen LogP contribution in [0.3, 0.4) is 0 Å². The first-order chi connectivity index (χ1) is 40.0. The summed E-state index contributed by atoms with van der Waals surface area (Å²) in [5.74, 6) is 0. The third-order valence-electron chi connectivity index (χ3n) is 13.8. The topological polar surface area (TPSA) is 0 Å². The average Bonchev–Trinajstić information content (AvgIpc) is 3.13. The molecular formula is C78H68Cl2Si2Ti2-2. The summed E-state index contributed by atoms with van der Waals surface area (Å²) in [6, 6.07) is 108. The third kappa shape index (κ3) is 17.6. The van der Waals surface area contributed by atoms with E-state index in [0.717, 1.165) is 0 Å². The Hall–Kier alpha value is -6.92. The second-order valence-electron chi connectivity index (χ2n) is 21.0. The van der Waals surface area contributed by atoms with Crippen molar-refractivity contribution >= 4 is 55.5 Å². The number of hydrogen-bond acceptors (Lipinski definition) is 0. The van der Waals surface area contributed by atoms with Crippen molar-refractivity contribution in [2.45, 2.75) is 40.0 Å². The van der Waals surface area contributed by atoms with E-state index in [1.165, 1.54) is 121 Å². The first-order valence-corrected chi connectivity index (χ1v) is 37.7. The fourth-order valence-corrected chi connectivity index (χ4v) is 10.3. The second kappa shape index (κ2) is 32.4. The van der Waals surface area contributed by atoms with Gasteiger partial charge in [-0.2, -0.15) is 12.1 Å². The van der Waals surface area contributed by atoms with Gasteiger partial charge in [-0.15, -0.1) is 138 Å². The second-order valence-corrected chi connectivity index (χ2v) is 34.4. The van der Waals surface area contributed by atoms with E-state index in [2.05, 4.69) is 382 Å². The van der Waals surface area contributed by atoms with Gasteiger partial charge in [-0.3, -0.25) is 0 Å². The molecule has 0 atom stereocenters. The van der Waals surface area contributed by atoms with Crippen LogP contribution in [-0.4, -0.2) is 12.4 Å². The van der Waals surface area contributed by atoms with Gasteiger partial charge in [0.1, 0.15) is 0 Å². The van der Waals surface area contributed by atoms with Crippen LogP contribution in [0.1, 0.15) is 11.1 Å². The maximum absolute atomic E-state index is 2.30. The van der Waals surface area contributed by atoms with Gasteiger partial charge in [0, 0.05) is 0 Å². The molecular weight excluding hydrogens is 1160 g/mol. The molecule has 6 heteroatoms. The molecule has 14 aromatic carbocycles. The summed E-state index contributed by atoms with van der Waals surface area (Å²) in [6.45, 7) is 13.4. The predicted octanol–water partition coefficient (Wildman–Crippen LogP) is 16.4. The van der Waals surface area contributed by atoms with Crippen molar-refractivity contribution in [3.63, 3.8) is 0 Å². The predicted molar refractivity (Wildman–Crippen MR) is 355 cm³/mol. The van der Waals surface area contributed by atoms with E-state index in [9.17, 15) is 0 Å². The molecule has 0 radical (unpaired) electrons. The van der Waals surface area contributed by atoms with Crippen LogP contribution in [0.5, 0.6) is 0 Å². The van der Waals surface area contributed by atoms with Gasteiger partial charge >= 0.3 is 76.9 Å². The van der Waals surface area contributed by atoms with Crippen molar-refractivity contribution in [3.05, 3.63) is 314 Å². The fraction of sp³-hybridized carbons (Fsp3) is 0.0769. The van der Waals surface area contributed by atoms with Crippen LogP contribution >= 0.6 is 0 Å². The van der Waals surface area contributed by atoms with Gasteiger partial charge in [-0.05, 0) is 22.3 Å². The largest absolute Gasteiger partial charge is 1.00 e. The van der Waals surface area contributed by atoms with Crippen molar-refractivity contribution in [1.29, 1.82) is 0 Å². The molecule has 14 rings (SSSR count). The monoisotopic (exact) mass is 1230 g/mol. The van der Waals surface area contributed by atoms with E-state index >= 15 is 0 Å². The Labute approximate surface area is 535 Å². The van der Waals surface area contributed by atoms with Crippen molar-refractivity contribution in [3.8, 4) is 66.8 Å². The Kier molecular flexibility index (Phi) is 24.9. The number of rotatable bonds is 6. The maximum atomic E-state index is 2.30. The molecule has 0 aliphatic rings. The summed E-state index contributed by atoms with van der Waals surface area (Å²) in [7, 11) is 0. The number of aryl methyl sites for hydroxylation is 2. The van der Waals surface area contributed by atoms with Crippen LogP contribution in [0.2, 0.25) is 26.2 Å².